The molecule has 0 amide bonds. The Morgan fingerprint density at radius 3 is 0.905 bits per heavy atom. The second kappa shape index (κ2) is 61.1. The normalized spacial score (nSPS) is 16.5. The van der Waals surface area contributed by atoms with E-state index in [2.05, 4.69) is 13.8 Å². The summed E-state index contributed by atoms with van der Waals surface area (Å²) in [6, 6.07) is 0. The van der Waals surface area contributed by atoms with Crippen LogP contribution in [-0.4, -0.2) is 291 Å². The second-order valence-corrected chi connectivity index (χ2v) is 79.1. The van der Waals surface area contributed by atoms with Crippen molar-refractivity contribution in [2.75, 3.05) is 139 Å². The van der Waals surface area contributed by atoms with Gasteiger partial charge in [0.05, 0.1) is 119 Å². The topological polar surface area (TPSA) is 568 Å². The van der Waals surface area contributed by atoms with E-state index in [1.165, 1.54) is 88.3 Å². The molecule has 772 valence electrons. The molecule has 2 aliphatic rings. The number of sulfone groups is 8. The Kier molecular flexibility index (Phi) is 68.9. The maximum absolute atomic E-state index is 13.8. The molecular weight excluding hydrogens is 2000 g/mol. The molecule has 1 saturated heterocycles. The Morgan fingerprint density at radius 2 is 0.714 bits per heavy atom. The highest BCUT2D eigenvalue weighted by molar-refractivity contribution is 8.01. The standard InChI is InChI=1S/C10H23O5PS.C8H18FO5PS.C8H17NO2S.C7H18NO5PS.2C7H17O4PS.C7H14O3S.2C6H15O3PS.C4H10O2S/c1-7-14-16(11,15-8-2)10(5,6)17(12,13)9(3)4;1-5-13-15(10,14-6-2)8(9)16(11,12)7(3)4;1-7(2)12(10,11)9-8(3)5-4-6-8;1-5-12-14(9,13-6-2)8-15(10,11)7(3)4;2*1-5-11-12(4,8)6-13(9,10)7(2)3;1-6(2)11(8,9)5-7-3-4-10-7;1-6(2)11(8,9)5-10(3,4)7;1-4-10(7,5-2)6-11(3,8)9;1-4(2)7(3,5)6/h9H,7-8H2,1-6H3;7-8H,5-6H2,1-4H3;7,9H,4-6H2,1-3H3;7H,5-6H2,1-4H3,(H,8,9);2*7H,5-6H2,1-4H3;6-7H,3-5H2,1-2H3;6H,5H2,1-4H3;4-6H2,1-3H3;4H,1-3H3/t;;;;2*12-;;;;/m....10..../s1. The molecule has 2 N–H and O–H groups in total. The van der Waals surface area contributed by atoms with Crippen molar-refractivity contribution in [1.82, 2.24) is 9.21 Å². The van der Waals surface area contributed by atoms with E-state index in [-0.39, 0.29) is 108 Å². The summed E-state index contributed by atoms with van der Waals surface area (Å²) in [6.45, 7) is 56.8. The Bertz CT molecular complexity index is 4630. The van der Waals surface area contributed by atoms with Gasteiger partial charge in [-0.2, -0.15) is 0 Å². The van der Waals surface area contributed by atoms with E-state index in [0.717, 1.165) is 38.5 Å². The van der Waals surface area contributed by atoms with Crippen molar-refractivity contribution >= 4 is 151 Å². The molecule has 0 aromatic rings. The number of halogens is 1. The van der Waals surface area contributed by atoms with Gasteiger partial charge in [0.15, 0.2) is 73.3 Å². The molecule has 1 saturated carbocycles. The average Bonchev–Trinajstić information content (AvgIpc) is 0.752. The summed E-state index contributed by atoms with van der Waals surface area (Å²) in [5, 5.41) is -7.16. The molecule has 0 aromatic heterocycles. The minimum absolute atomic E-state index is 0.0256. The van der Waals surface area contributed by atoms with Crippen LogP contribution < -0.4 is 9.21 Å². The smallest absolute Gasteiger partial charge is 0.377 e. The zero-order valence-electron chi connectivity index (χ0n) is 81.8. The second-order valence-electron chi connectivity index (χ2n) is 32.6. The molecule has 56 heteroatoms. The molecule has 1 heterocycles. The molecule has 2 fully saturated rings. The van der Waals surface area contributed by atoms with E-state index in [4.69, 9.17) is 31.9 Å². The predicted molar refractivity (Wildman–Crippen MR) is 514 cm³/mol. The number of hydrogen-bond acceptors (Lipinski definition) is 36. The van der Waals surface area contributed by atoms with Gasteiger partial charge in [0, 0.05) is 38.0 Å². The summed E-state index contributed by atoms with van der Waals surface area (Å²) in [5.74, 6) is 0.199. The van der Waals surface area contributed by atoms with Crippen molar-refractivity contribution in [3.8, 4) is 0 Å². The van der Waals surface area contributed by atoms with Gasteiger partial charge in [-0.25, -0.2) is 97.9 Å². The number of nitrogens with one attached hydrogen (secondary N) is 2. The van der Waals surface area contributed by atoms with Crippen molar-refractivity contribution in [2.24, 2.45) is 0 Å². The number of alkyl halides is 1. The third-order valence-corrected chi connectivity index (χ3v) is 61.7. The van der Waals surface area contributed by atoms with E-state index in [0.29, 0.717) is 12.3 Å². The van der Waals surface area contributed by atoms with Crippen LogP contribution in [0.3, 0.4) is 0 Å². The molecule has 4 atom stereocenters. The van der Waals surface area contributed by atoms with E-state index < -0.39 is 192 Å². The largest absolute Gasteiger partial charge is 0.418 e. The van der Waals surface area contributed by atoms with Crippen molar-refractivity contribution in [2.45, 2.75) is 309 Å². The zero-order valence-corrected chi connectivity index (χ0v) is 96.2. The van der Waals surface area contributed by atoms with Crippen LogP contribution in [0.25, 0.3) is 0 Å². The molecule has 0 aromatic carbocycles. The number of sulfonamides is 2. The lowest BCUT2D eigenvalue weighted by Crippen LogP contribution is -2.52. The maximum atomic E-state index is 13.8. The van der Waals surface area contributed by atoms with Gasteiger partial charge in [0.25, 0.3) is 5.24 Å². The lowest BCUT2D eigenvalue weighted by atomic mass is 9.80. The van der Waals surface area contributed by atoms with Gasteiger partial charge in [0.2, 0.25) is 34.8 Å². The van der Waals surface area contributed by atoms with Crippen molar-refractivity contribution in [3.63, 3.8) is 0 Å². The molecule has 1 aliphatic heterocycles. The fourth-order valence-electron chi connectivity index (χ4n) is 8.16. The van der Waals surface area contributed by atoms with Crippen LogP contribution in [0.4, 0.5) is 4.39 Å². The molecular formula is C70H164FN2O36P7S10. The molecule has 1 aliphatic carbocycles. The summed E-state index contributed by atoms with van der Waals surface area (Å²) < 4.78 is 369. The van der Waals surface area contributed by atoms with Gasteiger partial charge in [-0.05, 0) is 252 Å². The van der Waals surface area contributed by atoms with E-state index in [1.807, 2.05) is 11.4 Å². The first-order valence-corrected chi connectivity index (χ1v) is 72.4. The van der Waals surface area contributed by atoms with Crippen molar-refractivity contribution in [3.05, 3.63) is 0 Å². The molecule has 2 unspecified atom stereocenters. The predicted octanol–water partition coefficient (Wildman–Crippen LogP) is 15.1. The van der Waals surface area contributed by atoms with E-state index in [9.17, 15) is 121 Å². The molecule has 0 bridgehead atoms. The van der Waals surface area contributed by atoms with Crippen molar-refractivity contribution < 1.29 is 161 Å². The van der Waals surface area contributed by atoms with Crippen LogP contribution in [0.1, 0.15) is 240 Å². The number of hydrogen-bond donors (Lipinski definition) is 2. The zero-order chi connectivity index (χ0) is 103. The minimum Gasteiger partial charge on any atom is -0.377 e. The SMILES string of the molecule is CC(C)S(=O)(=O)CC1CCO1.CC(C)S(=O)(=O)CP(C)(C)=O.CC(C)S(=O)(=O)NC1(C)CCC1.CC(C)S(C)(=O)=O.CCOP(=O)(NS(=O)(=O)C(C)C)OCC.CCOP(=O)(OCC)C(C)(C)S(=O)(=O)C(C)C.CCOP(=O)(OCC)C(F)S(=O)(=O)C(C)C.CCO[P@@](C)(=O)CS(=O)(=O)C(C)C.CCO[P@](C)(=O)CS(=O)(=O)C(C)C.CCP(=O)(CC)CS(C)(=O)=O. The fourth-order valence-corrected chi connectivity index (χ4v) is 41.7. The van der Waals surface area contributed by atoms with Crippen LogP contribution in [0.15, 0.2) is 0 Å². The van der Waals surface area contributed by atoms with E-state index >= 15 is 0 Å². The third kappa shape index (κ3) is 60.3. The van der Waals surface area contributed by atoms with Gasteiger partial charge in [-0.1, -0.05) is 13.8 Å². The van der Waals surface area contributed by atoms with Gasteiger partial charge < -0.3 is 41.0 Å². The lowest BCUT2D eigenvalue weighted by molar-refractivity contribution is -0.0353. The highest BCUT2D eigenvalue weighted by atomic mass is 32.2. The first-order valence-electron chi connectivity index (χ1n) is 41.0. The average molecular weight is 2170 g/mol. The molecule has 0 spiro atoms. The number of ether oxygens (including phenoxy) is 1. The summed E-state index contributed by atoms with van der Waals surface area (Å²) in [6.07, 6.45) is 7.28. The first-order chi connectivity index (χ1) is 55.8. The Hall–Kier alpha value is 0.600. The monoisotopic (exact) mass is 2160 g/mol. The maximum Gasteiger partial charge on any atom is 0.418 e. The molecule has 38 nitrogen and oxygen atoms in total. The molecule has 126 heavy (non-hydrogen) atoms. The van der Waals surface area contributed by atoms with Crippen LogP contribution >= 0.6 is 52.0 Å². The van der Waals surface area contributed by atoms with Crippen LogP contribution in [0.5, 0.6) is 0 Å². The van der Waals surface area contributed by atoms with Gasteiger partial charge in [0.1, 0.15) is 39.0 Å². The van der Waals surface area contributed by atoms with Crippen LogP contribution in [0.2, 0.25) is 0 Å². The highest BCUT2D eigenvalue weighted by Crippen LogP contribution is 2.63. The van der Waals surface area contributed by atoms with Crippen molar-refractivity contribution in [1.29, 1.82) is 0 Å². The number of rotatable bonds is 45. The summed E-state index contributed by atoms with van der Waals surface area (Å²) in [7, 11) is -55.2. The fraction of sp³-hybridized carbons (Fsp3) is 1.00. The summed E-state index contributed by atoms with van der Waals surface area (Å²) in [4.78, 5) is 0. The molecule has 2 rings (SSSR count). The van der Waals surface area contributed by atoms with E-state index in [1.54, 1.807) is 152 Å². The Balaban J connectivity index is -0.000000206. The van der Waals surface area contributed by atoms with Gasteiger partial charge in [-0.15, -0.1) is 4.49 Å². The third-order valence-electron chi connectivity index (χ3n) is 17.0. The highest BCUT2D eigenvalue weighted by Gasteiger charge is 2.54. The Labute approximate surface area is 763 Å². The summed E-state index contributed by atoms with van der Waals surface area (Å²) in [5.41, 5.74) is -1.16. The minimum atomic E-state index is -4.24. The Morgan fingerprint density at radius 1 is 0.413 bits per heavy atom. The first kappa shape index (κ1) is 142. The molecule has 0 radical (unpaired) electrons. The van der Waals surface area contributed by atoms with Crippen LogP contribution in [0, 0.1) is 0 Å². The summed E-state index contributed by atoms with van der Waals surface area (Å²) >= 11 is 0. The van der Waals surface area contributed by atoms with Crippen LogP contribution in [-0.2, 0) is 172 Å². The van der Waals surface area contributed by atoms with Gasteiger partial charge >= 0.3 is 22.9 Å². The van der Waals surface area contributed by atoms with Gasteiger partial charge in [-0.3, -0.25) is 27.3 Å². The quantitative estimate of drug-likeness (QED) is 0.0535. The lowest BCUT2D eigenvalue weighted by Gasteiger charge is -2.39.